The number of aldehydes is 1. The summed E-state index contributed by atoms with van der Waals surface area (Å²) in [4.78, 5) is 21.4. The van der Waals surface area contributed by atoms with Crippen molar-refractivity contribution in [2.24, 2.45) is 0 Å². The molecule has 0 saturated carbocycles. The van der Waals surface area contributed by atoms with E-state index in [1.165, 1.54) is 6.92 Å². The number of esters is 1. The minimum Gasteiger partial charge on any atom is -0.455 e. The lowest BCUT2D eigenvalue weighted by atomic mass is 10.2. The molecule has 0 saturated heterocycles. The molecule has 1 aromatic carbocycles. The van der Waals surface area contributed by atoms with Crippen LogP contribution in [-0.2, 0) is 20.7 Å². The molecule has 1 rings (SSSR count). The molecule has 0 heterocycles. The maximum Gasteiger partial charge on any atom is 0.310 e. The Morgan fingerprint density at radius 3 is 2.64 bits per heavy atom. The van der Waals surface area contributed by atoms with Crippen molar-refractivity contribution in [3.8, 4) is 0 Å². The molecular formula is C11H12O3. The van der Waals surface area contributed by atoms with Gasteiger partial charge in [0.05, 0.1) is 6.42 Å². The molecular weight excluding hydrogens is 180 g/mol. The normalized spacial score (nSPS) is 11.8. The lowest BCUT2D eigenvalue weighted by Crippen LogP contribution is -2.17. The predicted molar refractivity (Wildman–Crippen MR) is 51.8 cm³/mol. The molecule has 0 bridgehead atoms. The molecule has 0 spiro atoms. The lowest BCUT2D eigenvalue weighted by Gasteiger charge is -2.06. The zero-order chi connectivity index (χ0) is 10.4. The first kappa shape index (κ1) is 10.4. The molecule has 14 heavy (non-hydrogen) atoms. The van der Waals surface area contributed by atoms with Crippen molar-refractivity contribution in [2.75, 3.05) is 0 Å². The molecule has 0 amide bonds. The first-order valence-corrected chi connectivity index (χ1v) is 4.41. The van der Waals surface area contributed by atoms with Crippen LogP contribution in [0, 0.1) is 0 Å². The maximum absolute atomic E-state index is 11.2. The molecule has 3 heteroatoms. The summed E-state index contributed by atoms with van der Waals surface area (Å²) < 4.78 is 4.80. The zero-order valence-corrected chi connectivity index (χ0v) is 7.97. The number of rotatable bonds is 4. The van der Waals surface area contributed by atoms with Crippen molar-refractivity contribution < 1.29 is 14.3 Å². The third kappa shape index (κ3) is 3.39. The second-order valence-electron chi connectivity index (χ2n) is 2.99. The molecule has 1 unspecified atom stereocenters. The van der Waals surface area contributed by atoms with Gasteiger partial charge in [-0.05, 0) is 12.5 Å². The summed E-state index contributed by atoms with van der Waals surface area (Å²) in [5.74, 6) is -0.379. The number of hydrogen-bond donors (Lipinski definition) is 0. The van der Waals surface area contributed by atoms with E-state index in [1.54, 1.807) is 0 Å². The number of carbonyl (C=O) groups excluding carboxylic acids is 2. The van der Waals surface area contributed by atoms with Gasteiger partial charge >= 0.3 is 5.97 Å². The van der Waals surface area contributed by atoms with E-state index in [-0.39, 0.29) is 12.4 Å². The Morgan fingerprint density at radius 1 is 1.43 bits per heavy atom. The summed E-state index contributed by atoms with van der Waals surface area (Å²) in [5, 5.41) is 0. The van der Waals surface area contributed by atoms with Gasteiger partial charge in [-0.25, -0.2) is 0 Å². The second-order valence-corrected chi connectivity index (χ2v) is 2.99. The quantitative estimate of drug-likeness (QED) is 0.534. The molecule has 1 aromatic rings. The van der Waals surface area contributed by atoms with E-state index in [1.807, 2.05) is 30.3 Å². The highest BCUT2D eigenvalue weighted by atomic mass is 16.5. The fourth-order valence-corrected chi connectivity index (χ4v) is 1.04. The highest BCUT2D eigenvalue weighted by Crippen LogP contribution is 2.01. The van der Waals surface area contributed by atoms with Gasteiger partial charge in [0.25, 0.3) is 0 Å². The van der Waals surface area contributed by atoms with Gasteiger partial charge in [0, 0.05) is 0 Å². The third-order valence-electron chi connectivity index (χ3n) is 1.70. The second kappa shape index (κ2) is 5.17. The van der Waals surface area contributed by atoms with Crippen LogP contribution >= 0.6 is 0 Å². The van der Waals surface area contributed by atoms with Gasteiger partial charge in [0.2, 0.25) is 0 Å². The van der Waals surface area contributed by atoms with Gasteiger partial charge in [-0.2, -0.15) is 0 Å². The van der Waals surface area contributed by atoms with Gasteiger partial charge in [-0.3, -0.25) is 9.59 Å². The Hall–Kier alpha value is -1.64. The van der Waals surface area contributed by atoms with Gasteiger partial charge in [0.15, 0.2) is 12.4 Å². The Morgan fingerprint density at radius 2 is 2.07 bits per heavy atom. The summed E-state index contributed by atoms with van der Waals surface area (Å²) in [5.41, 5.74) is 0.885. The van der Waals surface area contributed by atoms with Gasteiger partial charge in [-0.15, -0.1) is 0 Å². The van der Waals surface area contributed by atoms with Gasteiger partial charge in [-0.1, -0.05) is 30.3 Å². The summed E-state index contributed by atoms with van der Waals surface area (Å²) >= 11 is 0. The summed E-state index contributed by atoms with van der Waals surface area (Å²) in [7, 11) is 0. The average molecular weight is 192 g/mol. The highest BCUT2D eigenvalue weighted by Gasteiger charge is 2.08. The van der Waals surface area contributed by atoms with Crippen molar-refractivity contribution >= 4 is 12.3 Å². The molecule has 0 fully saturated rings. The third-order valence-corrected chi connectivity index (χ3v) is 1.70. The van der Waals surface area contributed by atoms with Crippen LogP contribution in [0.3, 0.4) is 0 Å². The molecule has 0 N–H and O–H groups in total. The smallest absolute Gasteiger partial charge is 0.310 e. The van der Waals surface area contributed by atoms with Gasteiger partial charge < -0.3 is 4.74 Å². The Bertz CT molecular complexity index is 306. The minimum atomic E-state index is -0.661. The number of hydrogen-bond acceptors (Lipinski definition) is 3. The standard InChI is InChI=1S/C11H12O3/c1-9(8-12)14-11(13)7-10-5-3-2-4-6-10/h2-6,8-9H,7H2,1H3. The Labute approximate surface area is 82.7 Å². The zero-order valence-electron chi connectivity index (χ0n) is 7.97. The molecule has 0 radical (unpaired) electrons. The van der Waals surface area contributed by atoms with E-state index >= 15 is 0 Å². The fraction of sp³-hybridized carbons (Fsp3) is 0.273. The molecule has 1 atom stereocenters. The molecule has 74 valence electrons. The Kier molecular flexibility index (Phi) is 3.85. The van der Waals surface area contributed by atoms with Gasteiger partial charge in [0.1, 0.15) is 0 Å². The highest BCUT2D eigenvalue weighted by molar-refractivity contribution is 5.74. The van der Waals surface area contributed by atoms with E-state index in [2.05, 4.69) is 0 Å². The largest absolute Gasteiger partial charge is 0.455 e. The number of benzene rings is 1. The molecule has 0 aliphatic heterocycles. The van der Waals surface area contributed by atoms with E-state index in [0.29, 0.717) is 6.29 Å². The van der Waals surface area contributed by atoms with Crippen LogP contribution in [0.1, 0.15) is 12.5 Å². The van der Waals surface area contributed by atoms with E-state index in [9.17, 15) is 9.59 Å². The van der Waals surface area contributed by atoms with E-state index in [4.69, 9.17) is 4.74 Å². The monoisotopic (exact) mass is 192 g/mol. The van der Waals surface area contributed by atoms with Crippen molar-refractivity contribution in [1.82, 2.24) is 0 Å². The fourth-order valence-electron chi connectivity index (χ4n) is 1.04. The van der Waals surface area contributed by atoms with Crippen LogP contribution < -0.4 is 0 Å². The van der Waals surface area contributed by atoms with Crippen molar-refractivity contribution in [3.63, 3.8) is 0 Å². The summed E-state index contributed by atoms with van der Waals surface area (Å²) in [6.45, 7) is 1.54. The van der Waals surface area contributed by atoms with E-state index < -0.39 is 6.10 Å². The average Bonchev–Trinajstić information content (AvgIpc) is 2.19. The first-order valence-electron chi connectivity index (χ1n) is 4.41. The van der Waals surface area contributed by atoms with Crippen molar-refractivity contribution in [2.45, 2.75) is 19.4 Å². The van der Waals surface area contributed by atoms with Crippen molar-refractivity contribution in [1.29, 1.82) is 0 Å². The van der Waals surface area contributed by atoms with Crippen LogP contribution in [0.15, 0.2) is 30.3 Å². The number of carbonyl (C=O) groups is 2. The molecule has 0 aliphatic rings. The summed E-state index contributed by atoms with van der Waals surface area (Å²) in [6.07, 6.45) is 0.147. The topological polar surface area (TPSA) is 43.4 Å². The minimum absolute atomic E-state index is 0.207. The van der Waals surface area contributed by atoms with Crippen LogP contribution in [0.2, 0.25) is 0 Å². The lowest BCUT2D eigenvalue weighted by molar-refractivity contribution is -0.150. The molecule has 3 nitrogen and oxygen atoms in total. The SMILES string of the molecule is CC(C=O)OC(=O)Cc1ccccc1. The van der Waals surface area contributed by atoms with Crippen LogP contribution in [0.25, 0.3) is 0 Å². The van der Waals surface area contributed by atoms with Crippen molar-refractivity contribution in [3.05, 3.63) is 35.9 Å². The summed E-state index contributed by atoms with van der Waals surface area (Å²) in [6, 6.07) is 9.26. The first-order chi connectivity index (χ1) is 6.72. The Balaban J connectivity index is 2.46. The van der Waals surface area contributed by atoms with E-state index in [0.717, 1.165) is 5.56 Å². The van der Waals surface area contributed by atoms with Crippen LogP contribution in [-0.4, -0.2) is 18.4 Å². The molecule has 0 aliphatic carbocycles. The number of ether oxygens (including phenoxy) is 1. The maximum atomic E-state index is 11.2. The predicted octanol–water partition coefficient (Wildman–Crippen LogP) is 1.36. The van der Waals surface area contributed by atoms with Crippen LogP contribution in [0.4, 0.5) is 0 Å². The molecule has 0 aromatic heterocycles. The van der Waals surface area contributed by atoms with Crippen LogP contribution in [0.5, 0.6) is 0 Å².